The fourth-order valence-electron chi connectivity index (χ4n) is 6.25. The molecule has 0 amide bonds. The van der Waals surface area contributed by atoms with Crippen LogP contribution in [0.4, 0.5) is 5.82 Å². The molecule has 2 fully saturated rings. The zero-order valence-electron chi connectivity index (χ0n) is 22.3. The number of hydrogen-bond acceptors (Lipinski definition) is 8. The predicted molar refractivity (Wildman–Crippen MR) is 149 cm³/mol. The molecule has 0 atom stereocenters. The Bertz CT molecular complexity index is 1600. The number of fused-ring (bicyclic) bond motifs is 3. The summed E-state index contributed by atoms with van der Waals surface area (Å²) in [5.41, 5.74) is 5.37. The standard InChI is InChI=1S/C29H32N8O2/c1-3-39-22-11-23(27-24-14-32-33-28(24)34-37(27)16-22)21-6-7-25(30-13-21)36-18-29(19-36)9-4-10-35(17-29)15-20-5-8-26(38-2)31-12-20/h5-8,11-14,16H,3-4,9-10,15,17-19H2,1-2H3,(H,33,34). The number of H-pyrrole nitrogens is 1. The number of ether oxygens (including phenoxy) is 2. The average molecular weight is 525 g/mol. The van der Waals surface area contributed by atoms with Gasteiger partial charge in [-0.25, -0.2) is 14.5 Å². The van der Waals surface area contributed by atoms with Crippen molar-refractivity contribution >= 4 is 22.4 Å². The van der Waals surface area contributed by atoms with Crippen molar-refractivity contribution < 1.29 is 9.47 Å². The van der Waals surface area contributed by atoms with Gasteiger partial charge in [0.1, 0.15) is 11.6 Å². The Morgan fingerprint density at radius 3 is 2.74 bits per heavy atom. The van der Waals surface area contributed by atoms with E-state index >= 15 is 0 Å². The molecule has 1 N–H and O–H groups in total. The van der Waals surface area contributed by atoms with Crippen molar-refractivity contribution in [1.82, 2.24) is 34.7 Å². The molecule has 0 unspecified atom stereocenters. The minimum absolute atomic E-state index is 0.334. The van der Waals surface area contributed by atoms with Crippen molar-refractivity contribution in [3.8, 4) is 22.8 Å². The van der Waals surface area contributed by atoms with Crippen LogP contribution in [-0.2, 0) is 6.54 Å². The van der Waals surface area contributed by atoms with Gasteiger partial charge in [-0.05, 0) is 50.1 Å². The minimum atomic E-state index is 0.334. The van der Waals surface area contributed by atoms with E-state index in [2.05, 4.69) is 54.3 Å². The zero-order chi connectivity index (χ0) is 26.4. The van der Waals surface area contributed by atoms with Gasteiger partial charge in [-0.3, -0.25) is 10.00 Å². The van der Waals surface area contributed by atoms with Gasteiger partial charge in [-0.15, -0.1) is 5.10 Å². The highest BCUT2D eigenvalue weighted by molar-refractivity contribution is 6.00. The van der Waals surface area contributed by atoms with Crippen molar-refractivity contribution in [2.75, 3.05) is 44.8 Å². The van der Waals surface area contributed by atoms with Crippen LogP contribution in [0.5, 0.6) is 11.6 Å². The smallest absolute Gasteiger partial charge is 0.212 e. The van der Waals surface area contributed by atoms with Gasteiger partial charge in [-0.2, -0.15) is 5.10 Å². The van der Waals surface area contributed by atoms with E-state index in [0.717, 1.165) is 72.0 Å². The van der Waals surface area contributed by atoms with Crippen LogP contribution in [0.3, 0.4) is 0 Å². The average Bonchev–Trinajstić information content (AvgIpc) is 3.54. The fraction of sp³-hybridized carbons (Fsp3) is 0.379. The molecule has 7 heterocycles. The molecule has 5 aromatic rings. The van der Waals surface area contributed by atoms with E-state index in [-0.39, 0.29) is 0 Å². The van der Waals surface area contributed by atoms with Crippen LogP contribution < -0.4 is 14.4 Å². The minimum Gasteiger partial charge on any atom is -0.492 e. The number of pyridine rings is 3. The highest BCUT2D eigenvalue weighted by Gasteiger charge is 2.46. The Kier molecular flexibility index (Phi) is 5.84. The Morgan fingerprint density at radius 2 is 1.97 bits per heavy atom. The van der Waals surface area contributed by atoms with Gasteiger partial charge in [0, 0.05) is 61.2 Å². The number of aromatic nitrogens is 6. The first-order valence-corrected chi connectivity index (χ1v) is 13.5. The van der Waals surface area contributed by atoms with Crippen LogP contribution >= 0.6 is 0 Å². The lowest BCUT2D eigenvalue weighted by Gasteiger charge is -2.55. The molecular weight excluding hydrogens is 492 g/mol. The second-order valence-electron chi connectivity index (χ2n) is 10.7. The number of anilines is 1. The van der Waals surface area contributed by atoms with E-state index in [1.165, 1.54) is 18.4 Å². The predicted octanol–water partition coefficient (Wildman–Crippen LogP) is 4.18. The van der Waals surface area contributed by atoms with Gasteiger partial charge in [0.05, 0.1) is 37.0 Å². The fourth-order valence-corrected chi connectivity index (χ4v) is 6.25. The molecule has 10 nitrogen and oxygen atoms in total. The first-order chi connectivity index (χ1) is 19.1. The number of nitrogens with zero attached hydrogens (tertiary/aromatic N) is 7. The van der Waals surface area contributed by atoms with E-state index in [1.54, 1.807) is 7.11 Å². The second-order valence-corrected chi connectivity index (χ2v) is 10.7. The molecule has 7 rings (SSSR count). The Morgan fingerprint density at radius 1 is 1.05 bits per heavy atom. The Balaban J connectivity index is 1.07. The molecular formula is C29H32N8O2. The van der Waals surface area contributed by atoms with E-state index in [9.17, 15) is 0 Å². The van der Waals surface area contributed by atoms with Crippen LogP contribution in [0, 0.1) is 5.41 Å². The lowest BCUT2D eigenvalue weighted by Crippen LogP contribution is -2.63. The highest BCUT2D eigenvalue weighted by atomic mass is 16.5. The van der Waals surface area contributed by atoms with Crippen molar-refractivity contribution in [1.29, 1.82) is 0 Å². The van der Waals surface area contributed by atoms with Gasteiger partial charge in [0.2, 0.25) is 5.88 Å². The third kappa shape index (κ3) is 4.34. The number of hydrogen-bond donors (Lipinski definition) is 1. The van der Waals surface area contributed by atoms with Gasteiger partial charge in [0.25, 0.3) is 0 Å². The Labute approximate surface area is 226 Å². The molecule has 2 saturated heterocycles. The van der Waals surface area contributed by atoms with Gasteiger partial charge < -0.3 is 14.4 Å². The summed E-state index contributed by atoms with van der Waals surface area (Å²) in [6.45, 7) is 7.83. The maximum absolute atomic E-state index is 5.83. The first-order valence-electron chi connectivity index (χ1n) is 13.5. The van der Waals surface area contributed by atoms with Gasteiger partial charge in [0.15, 0.2) is 5.65 Å². The van der Waals surface area contributed by atoms with Crippen LogP contribution in [0.15, 0.2) is 55.1 Å². The maximum atomic E-state index is 5.83. The van der Waals surface area contributed by atoms with Crippen LogP contribution in [0.2, 0.25) is 0 Å². The molecule has 1 spiro atoms. The molecule has 0 aromatic carbocycles. The quantitative estimate of drug-likeness (QED) is 0.339. The van der Waals surface area contributed by atoms with Crippen LogP contribution in [-0.4, -0.2) is 74.6 Å². The number of methoxy groups -OCH3 is 1. The normalized spacial score (nSPS) is 17.1. The summed E-state index contributed by atoms with van der Waals surface area (Å²) in [6.07, 6.45) is 10.1. The molecule has 2 aliphatic rings. The molecule has 0 saturated carbocycles. The summed E-state index contributed by atoms with van der Waals surface area (Å²) < 4.78 is 12.9. The topological polar surface area (TPSA) is 96.7 Å². The van der Waals surface area contributed by atoms with Gasteiger partial charge >= 0.3 is 0 Å². The van der Waals surface area contributed by atoms with Gasteiger partial charge in [-0.1, -0.05) is 6.07 Å². The molecule has 10 heteroatoms. The largest absolute Gasteiger partial charge is 0.492 e. The molecule has 2 aliphatic heterocycles. The molecule has 0 aliphatic carbocycles. The summed E-state index contributed by atoms with van der Waals surface area (Å²) in [5.74, 6) is 2.47. The van der Waals surface area contributed by atoms with Crippen molar-refractivity contribution in [2.24, 2.45) is 5.41 Å². The zero-order valence-corrected chi connectivity index (χ0v) is 22.3. The maximum Gasteiger partial charge on any atom is 0.212 e. The third-order valence-electron chi connectivity index (χ3n) is 8.00. The number of piperidine rings is 1. The molecule has 200 valence electrons. The molecule has 0 radical (unpaired) electrons. The molecule has 5 aromatic heterocycles. The van der Waals surface area contributed by atoms with E-state index < -0.39 is 0 Å². The van der Waals surface area contributed by atoms with Crippen LogP contribution in [0.1, 0.15) is 25.3 Å². The number of nitrogens with one attached hydrogen (secondary N) is 1. The second kappa shape index (κ2) is 9.53. The number of rotatable bonds is 7. The molecule has 39 heavy (non-hydrogen) atoms. The lowest BCUT2D eigenvalue weighted by atomic mass is 9.73. The monoisotopic (exact) mass is 524 g/mol. The summed E-state index contributed by atoms with van der Waals surface area (Å²) in [6, 6.07) is 10.4. The summed E-state index contributed by atoms with van der Waals surface area (Å²) in [7, 11) is 1.65. The van der Waals surface area contributed by atoms with Crippen molar-refractivity contribution in [3.63, 3.8) is 0 Å². The van der Waals surface area contributed by atoms with Crippen molar-refractivity contribution in [2.45, 2.75) is 26.3 Å². The van der Waals surface area contributed by atoms with E-state index in [0.29, 0.717) is 17.9 Å². The van der Waals surface area contributed by atoms with Crippen LogP contribution in [0.25, 0.3) is 27.7 Å². The summed E-state index contributed by atoms with van der Waals surface area (Å²) >= 11 is 0. The third-order valence-corrected chi connectivity index (χ3v) is 8.00. The lowest BCUT2D eigenvalue weighted by molar-refractivity contribution is 0.0566. The summed E-state index contributed by atoms with van der Waals surface area (Å²) in [4.78, 5) is 14.2. The highest BCUT2D eigenvalue weighted by Crippen LogP contribution is 2.41. The van der Waals surface area contributed by atoms with E-state index in [1.807, 2.05) is 42.3 Å². The van der Waals surface area contributed by atoms with E-state index in [4.69, 9.17) is 14.5 Å². The Hall–Kier alpha value is -4.18. The number of likely N-dealkylation sites (tertiary alicyclic amines) is 1. The number of aromatic amines is 1. The SMILES string of the molecule is CCOc1cc(-c2ccc(N3CC4(CCCN(Cc5ccc(OC)nc5)C4)C3)nc2)c2c3cn[nH]c3nn2c1. The summed E-state index contributed by atoms with van der Waals surface area (Å²) in [5, 5.41) is 12.8. The van der Waals surface area contributed by atoms with Crippen molar-refractivity contribution in [3.05, 3.63) is 60.7 Å². The first kappa shape index (κ1) is 23.9. The molecule has 0 bridgehead atoms.